The van der Waals surface area contributed by atoms with Crippen LogP contribution in [0.1, 0.15) is 25.8 Å². The predicted octanol–water partition coefficient (Wildman–Crippen LogP) is 4.24. The monoisotopic (exact) mass is 342 g/mol. The highest BCUT2D eigenvalue weighted by Crippen LogP contribution is 2.30. The van der Waals surface area contributed by atoms with E-state index in [1.165, 1.54) is 5.56 Å². The summed E-state index contributed by atoms with van der Waals surface area (Å²) in [6.45, 7) is 4.44. The van der Waals surface area contributed by atoms with E-state index in [-0.39, 0.29) is 12.1 Å². The zero-order chi connectivity index (χ0) is 18.1. The summed E-state index contributed by atoms with van der Waals surface area (Å²) in [5.74, 6) is 1.25. The molecule has 2 aromatic rings. The minimum Gasteiger partial charge on any atom is -0.493 e. The first-order valence-corrected chi connectivity index (χ1v) is 8.54. The van der Waals surface area contributed by atoms with Crippen molar-refractivity contribution in [3.63, 3.8) is 0 Å². The lowest BCUT2D eigenvalue weighted by Gasteiger charge is -2.16. The fraction of sp³-hybridized carbons (Fsp3) is 0.350. The van der Waals surface area contributed by atoms with Crippen LogP contribution in [0.15, 0.2) is 48.5 Å². The zero-order valence-electron chi connectivity index (χ0n) is 15.0. The molecular weight excluding hydrogens is 316 g/mol. The predicted molar refractivity (Wildman–Crippen MR) is 101 cm³/mol. The summed E-state index contributed by atoms with van der Waals surface area (Å²) in [5.41, 5.74) is 1.94. The van der Waals surface area contributed by atoms with Gasteiger partial charge in [0.25, 0.3) is 0 Å². The van der Waals surface area contributed by atoms with E-state index < -0.39 is 0 Å². The van der Waals surface area contributed by atoms with Gasteiger partial charge in [-0.05, 0) is 44.4 Å². The Morgan fingerprint density at radius 1 is 1.12 bits per heavy atom. The number of rotatable bonds is 8. The molecule has 2 aromatic carbocycles. The molecule has 0 aliphatic heterocycles. The van der Waals surface area contributed by atoms with E-state index >= 15 is 0 Å². The minimum absolute atomic E-state index is 0.0739. The van der Waals surface area contributed by atoms with Crippen molar-refractivity contribution < 1.29 is 14.3 Å². The Bertz CT molecular complexity index is 674. The first kappa shape index (κ1) is 18.6. The van der Waals surface area contributed by atoms with Gasteiger partial charge in [0.1, 0.15) is 0 Å². The van der Waals surface area contributed by atoms with Gasteiger partial charge in [-0.1, -0.05) is 30.3 Å². The number of amides is 2. The van der Waals surface area contributed by atoms with Gasteiger partial charge in [0, 0.05) is 17.8 Å². The highest BCUT2D eigenvalue weighted by Gasteiger charge is 2.10. The van der Waals surface area contributed by atoms with Gasteiger partial charge in [0.15, 0.2) is 11.5 Å². The number of anilines is 1. The van der Waals surface area contributed by atoms with E-state index in [1.807, 2.05) is 32.0 Å². The standard InChI is InChI=1S/C20H26N2O3/c1-4-25-19-14-17(12-13-18(19)24-3)22-20(23)21-15(2)10-11-16-8-6-5-7-9-16/h5-9,12-15H,4,10-11H2,1-3H3,(H2,21,22,23). The van der Waals surface area contributed by atoms with Crippen molar-refractivity contribution in [3.05, 3.63) is 54.1 Å². The summed E-state index contributed by atoms with van der Waals surface area (Å²) < 4.78 is 10.8. The Labute approximate surface area is 149 Å². The molecule has 5 heteroatoms. The second-order valence-electron chi connectivity index (χ2n) is 5.82. The van der Waals surface area contributed by atoms with Crippen molar-refractivity contribution in [3.8, 4) is 11.5 Å². The van der Waals surface area contributed by atoms with Gasteiger partial charge in [0.05, 0.1) is 13.7 Å². The molecule has 0 aliphatic carbocycles. The van der Waals surface area contributed by atoms with Crippen LogP contribution in [-0.2, 0) is 6.42 Å². The first-order chi connectivity index (χ1) is 12.1. The Morgan fingerprint density at radius 2 is 1.88 bits per heavy atom. The van der Waals surface area contributed by atoms with Gasteiger partial charge in [0.2, 0.25) is 0 Å². The summed E-state index contributed by atoms with van der Waals surface area (Å²) in [6, 6.07) is 15.4. The Hall–Kier alpha value is -2.69. The molecule has 1 atom stereocenters. The second-order valence-corrected chi connectivity index (χ2v) is 5.82. The molecule has 25 heavy (non-hydrogen) atoms. The number of benzene rings is 2. The van der Waals surface area contributed by atoms with Gasteiger partial charge in [-0.2, -0.15) is 0 Å². The molecule has 5 nitrogen and oxygen atoms in total. The number of urea groups is 1. The van der Waals surface area contributed by atoms with Gasteiger partial charge < -0.3 is 20.1 Å². The second kappa shape index (κ2) is 9.57. The maximum atomic E-state index is 12.2. The molecule has 2 N–H and O–H groups in total. The lowest BCUT2D eigenvalue weighted by atomic mass is 10.1. The van der Waals surface area contributed by atoms with E-state index in [1.54, 1.807) is 25.3 Å². The van der Waals surface area contributed by atoms with Crippen molar-refractivity contribution >= 4 is 11.7 Å². The minimum atomic E-state index is -0.229. The Morgan fingerprint density at radius 3 is 2.56 bits per heavy atom. The molecule has 0 radical (unpaired) electrons. The van der Waals surface area contributed by atoms with Crippen LogP contribution in [0, 0.1) is 0 Å². The van der Waals surface area contributed by atoms with Crippen LogP contribution in [-0.4, -0.2) is 25.8 Å². The van der Waals surface area contributed by atoms with Gasteiger partial charge >= 0.3 is 6.03 Å². The zero-order valence-corrected chi connectivity index (χ0v) is 15.0. The SMILES string of the molecule is CCOc1cc(NC(=O)NC(C)CCc2ccccc2)ccc1OC. The molecule has 0 fully saturated rings. The summed E-state index contributed by atoms with van der Waals surface area (Å²) in [4.78, 5) is 12.2. The Balaban J connectivity index is 1.85. The topological polar surface area (TPSA) is 59.6 Å². The largest absolute Gasteiger partial charge is 0.493 e. The number of hydrogen-bond donors (Lipinski definition) is 2. The van der Waals surface area contributed by atoms with Gasteiger partial charge in [-0.15, -0.1) is 0 Å². The Kier molecular flexibility index (Phi) is 7.14. The third-order valence-electron chi connectivity index (χ3n) is 3.81. The van der Waals surface area contributed by atoms with Crippen LogP contribution in [0.25, 0.3) is 0 Å². The lowest BCUT2D eigenvalue weighted by Crippen LogP contribution is -2.36. The molecule has 0 saturated heterocycles. The number of ether oxygens (including phenoxy) is 2. The van der Waals surface area contributed by atoms with Crippen molar-refractivity contribution in [1.29, 1.82) is 0 Å². The smallest absolute Gasteiger partial charge is 0.319 e. The lowest BCUT2D eigenvalue weighted by molar-refractivity contribution is 0.248. The third kappa shape index (κ3) is 6.03. The van der Waals surface area contributed by atoms with E-state index in [0.29, 0.717) is 23.8 Å². The fourth-order valence-corrected chi connectivity index (χ4v) is 2.51. The van der Waals surface area contributed by atoms with Gasteiger partial charge in [-0.25, -0.2) is 4.79 Å². The van der Waals surface area contributed by atoms with E-state index in [4.69, 9.17) is 9.47 Å². The van der Waals surface area contributed by atoms with Crippen molar-refractivity contribution in [2.24, 2.45) is 0 Å². The maximum absolute atomic E-state index is 12.2. The summed E-state index contributed by atoms with van der Waals surface area (Å²) in [6.07, 6.45) is 1.81. The molecule has 0 aliphatic rings. The van der Waals surface area contributed by atoms with E-state index in [2.05, 4.69) is 22.8 Å². The number of aryl methyl sites for hydroxylation is 1. The molecule has 2 amide bonds. The highest BCUT2D eigenvalue weighted by molar-refractivity contribution is 5.89. The molecule has 0 spiro atoms. The third-order valence-corrected chi connectivity index (χ3v) is 3.81. The number of methoxy groups -OCH3 is 1. The van der Waals surface area contributed by atoms with Crippen molar-refractivity contribution in [2.45, 2.75) is 32.7 Å². The molecule has 2 rings (SSSR count). The quantitative estimate of drug-likeness (QED) is 0.754. The highest BCUT2D eigenvalue weighted by atomic mass is 16.5. The molecule has 0 saturated carbocycles. The van der Waals surface area contributed by atoms with Gasteiger partial charge in [-0.3, -0.25) is 0 Å². The summed E-state index contributed by atoms with van der Waals surface area (Å²) >= 11 is 0. The average Bonchev–Trinajstić information content (AvgIpc) is 2.61. The molecular formula is C20H26N2O3. The van der Waals surface area contributed by atoms with E-state index in [0.717, 1.165) is 12.8 Å². The van der Waals surface area contributed by atoms with Crippen LogP contribution < -0.4 is 20.1 Å². The summed E-state index contributed by atoms with van der Waals surface area (Å²) in [7, 11) is 1.59. The van der Waals surface area contributed by atoms with Crippen LogP contribution in [0.4, 0.5) is 10.5 Å². The van der Waals surface area contributed by atoms with Crippen molar-refractivity contribution in [1.82, 2.24) is 5.32 Å². The molecule has 0 heterocycles. The van der Waals surface area contributed by atoms with Crippen LogP contribution in [0.5, 0.6) is 11.5 Å². The van der Waals surface area contributed by atoms with Crippen LogP contribution in [0.3, 0.4) is 0 Å². The number of carbonyl (C=O) groups is 1. The van der Waals surface area contributed by atoms with Crippen LogP contribution >= 0.6 is 0 Å². The number of carbonyl (C=O) groups excluding carboxylic acids is 1. The maximum Gasteiger partial charge on any atom is 0.319 e. The average molecular weight is 342 g/mol. The molecule has 0 aromatic heterocycles. The molecule has 0 bridgehead atoms. The van der Waals surface area contributed by atoms with E-state index in [9.17, 15) is 4.79 Å². The summed E-state index contributed by atoms with van der Waals surface area (Å²) in [5, 5.41) is 5.79. The number of hydrogen-bond acceptors (Lipinski definition) is 3. The normalized spacial score (nSPS) is 11.5. The number of nitrogens with one attached hydrogen (secondary N) is 2. The molecule has 1 unspecified atom stereocenters. The molecule has 134 valence electrons. The van der Waals surface area contributed by atoms with Crippen LogP contribution in [0.2, 0.25) is 0 Å². The first-order valence-electron chi connectivity index (χ1n) is 8.54. The van der Waals surface area contributed by atoms with Crippen molar-refractivity contribution in [2.75, 3.05) is 19.0 Å². The fourth-order valence-electron chi connectivity index (χ4n) is 2.51.